The second-order valence-electron chi connectivity index (χ2n) is 7.60. The van der Waals surface area contributed by atoms with Gasteiger partial charge in [-0.1, -0.05) is 29.8 Å². The summed E-state index contributed by atoms with van der Waals surface area (Å²) in [5.74, 6) is 2.65. The number of amides is 1. The fourth-order valence-electron chi connectivity index (χ4n) is 3.70. The van der Waals surface area contributed by atoms with Crippen LogP contribution in [0.15, 0.2) is 65.2 Å². The Bertz CT molecular complexity index is 956. The third kappa shape index (κ3) is 5.42. The smallest absolute Gasteiger partial charge is 0.223 e. The number of carbonyl (C=O) groups excluding carboxylic acids is 1. The van der Waals surface area contributed by atoms with Gasteiger partial charge in [-0.3, -0.25) is 4.79 Å². The number of likely N-dealkylation sites (tertiary alicyclic amines) is 1. The van der Waals surface area contributed by atoms with Crippen LogP contribution in [0.2, 0.25) is 5.02 Å². The van der Waals surface area contributed by atoms with E-state index in [4.69, 9.17) is 20.8 Å². The van der Waals surface area contributed by atoms with E-state index in [1.807, 2.05) is 59.5 Å². The zero-order valence-electron chi connectivity index (χ0n) is 16.8. The molecule has 2 heterocycles. The average Bonchev–Trinajstić information content (AvgIpc) is 3.26. The second-order valence-corrected chi connectivity index (χ2v) is 8.03. The van der Waals surface area contributed by atoms with E-state index < -0.39 is 0 Å². The van der Waals surface area contributed by atoms with E-state index >= 15 is 0 Å². The third-order valence-electron chi connectivity index (χ3n) is 5.34. The van der Waals surface area contributed by atoms with Gasteiger partial charge in [0.2, 0.25) is 5.91 Å². The number of ether oxygens (including phenoxy) is 1. The average molecular weight is 425 g/mol. The van der Waals surface area contributed by atoms with Crippen molar-refractivity contribution in [2.24, 2.45) is 5.92 Å². The topological polar surface area (TPSA) is 55.6 Å². The van der Waals surface area contributed by atoms with Crippen LogP contribution in [0.5, 0.6) is 5.75 Å². The van der Waals surface area contributed by atoms with Gasteiger partial charge in [0.05, 0.1) is 12.8 Å². The summed E-state index contributed by atoms with van der Waals surface area (Å²) in [6.07, 6.45) is 4.68. The Kier molecular flexibility index (Phi) is 6.70. The number of oxazole rings is 1. The molecule has 1 atom stereocenters. The molecular formula is C24H25ClN2O3. The molecular weight excluding hydrogens is 400 g/mol. The molecule has 4 rings (SSSR count). The molecule has 0 N–H and O–H groups in total. The SMILES string of the molecule is O=C(CCc1ncc(-c2ccc(Cl)cc2)o1)N1CCCC(COc2ccccc2)C1. The number of aromatic nitrogens is 1. The number of carbonyl (C=O) groups is 1. The van der Waals surface area contributed by atoms with Crippen molar-refractivity contribution in [3.8, 4) is 17.1 Å². The van der Waals surface area contributed by atoms with Gasteiger partial charge in [-0.25, -0.2) is 4.98 Å². The van der Waals surface area contributed by atoms with E-state index in [-0.39, 0.29) is 5.91 Å². The van der Waals surface area contributed by atoms with E-state index in [9.17, 15) is 4.79 Å². The van der Waals surface area contributed by atoms with Gasteiger partial charge in [0.25, 0.3) is 0 Å². The van der Waals surface area contributed by atoms with Crippen LogP contribution < -0.4 is 4.74 Å². The Morgan fingerprint density at radius 3 is 2.77 bits per heavy atom. The Hall–Kier alpha value is -2.79. The minimum Gasteiger partial charge on any atom is -0.493 e. The zero-order chi connectivity index (χ0) is 20.8. The number of hydrogen-bond donors (Lipinski definition) is 0. The number of halogens is 1. The van der Waals surface area contributed by atoms with Crippen LogP contribution in [0.25, 0.3) is 11.3 Å². The van der Waals surface area contributed by atoms with Crippen molar-refractivity contribution < 1.29 is 13.9 Å². The summed E-state index contributed by atoms with van der Waals surface area (Å²) < 4.78 is 11.7. The molecule has 6 heteroatoms. The summed E-state index contributed by atoms with van der Waals surface area (Å²) in [6.45, 7) is 2.19. The van der Waals surface area contributed by atoms with Crippen LogP contribution >= 0.6 is 11.6 Å². The first-order chi connectivity index (χ1) is 14.7. The molecule has 1 aliphatic heterocycles. The van der Waals surface area contributed by atoms with Gasteiger partial charge in [0, 0.05) is 42.4 Å². The Labute approximate surface area is 181 Å². The van der Waals surface area contributed by atoms with Crippen molar-refractivity contribution in [2.45, 2.75) is 25.7 Å². The van der Waals surface area contributed by atoms with E-state index in [0.29, 0.717) is 42.0 Å². The number of aryl methyl sites for hydroxylation is 1. The van der Waals surface area contributed by atoms with Crippen LogP contribution in [0.3, 0.4) is 0 Å². The maximum Gasteiger partial charge on any atom is 0.223 e. The minimum atomic E-state index is 0.144. The van der Waals surface area contributed by atoms with E-state index in [0.717, 1.165) is 37.2 Å². The molecule has 0 radical (unpaired) electrons. The monoisotopic (exact) mass is 424 g/mol. The van der Waals surface area contributed by atoms with Crippen molar-refractivity contribution in [1.29, 1.82) is 0 Å². The number of benzene rings is 2. The zero-order valence-corrected chi connectivity index (χ0v) is 17.6. The minimum absolute atomic E-state index is 0.144. The van der Waals surface area contributed by atoms with Crippen LogP contribution in [0.4, 0.5) is 0 Å². The Morgan fingerprint density at radius 2 is 1.97 bits per heavy atom. The highest BCUT2D eigenvalue weighted by atomic mass is 35.5. The molecule has 30 heavy (non-hydrogen) atoms. The first-order valence-corrected chi connectivity index (χ1v) is 10.7. The van der Waals surface area contributed by atoms with Gasteiger partial charge in [-0.2, -0.15) is 0 Å². The molecule has 3 aromatic rings. The molecule has 1 aromatic heterocycles. The third-order valence-corrected chi connectivity index (χ3v) is 5.59. The summed E-state index contributed by atoms with van der Waals surface area (Å²) in [4.78, 5) is 19.0. The number of piperidine rings is 1. The molecule has 0 saturated carbocycles. The number of hydrogen-bond acceptors (Lipinski definition) is 4. The summed E-state index contributed by atoms with van der Waals surface area (Å²) in [7, 11) is 0. The standard InChI is InChI=1S/C24H25ClN2O3/c25-20-10-8-19(9-11-20)22-15-26-23(30-22)12-13-24(28)27-14-4-5-18(16-27)17-29-21-6-2-1-3-7-21/h1-3,6-11,15,18H,4-5,12-14,16-17H2. The van der Waals surface area contributed by atoms with Crippen molar-refractivity contribution >= 4 is 17.5 Å². The number of para-hydroxylation sites is 1. The lowest BCUT2D eigenvalue weighted by atomic mass is 9.98. The summed E-state index contributed by atoms with van der Waals surface area (Å²) >= 11 is 5.93. The maximum atomic E-state index is 12.7. The molecule has 1 saturated heterocycles. The normalized spacial score (nSPS) is 16.4. The van der Waals surface area contributed by atoms with Crippen LogP contribution in [-0.4, -0.2) is 35.5 Å². The van der Waals surface area contributed by atoms with Gasteiger partial charge in [0.1, 0.15) is 5.75 Å². The quantitative estimate of drug-likeness (QED) is 0.520. The fraction of sp³-hybridized carbons (Fsp3) is 0.333. The van der Waals surface area contributed by atoms with Crippen molar-refractivity contribution in [3.63, 3.8) is 0 Å². The molecule has 2 aromatic carbocycles. The maximum absolute atomic E-state index is 12.7. The van der Waals surface area contributed by atoms with Crippen LogP contribution in [0, 0.1) is 5.92 Å². The highest BCUT2D eigenvalue weighted by Crippen LogP contribution is 2.23. The lowest BCUT2D eigenvalue weighted by Crippen LogP contribution is -2.41. The molecule has 1 amide bonds. The second kappa shape index (κ2) is 9.81. The first-order valence-electron chi connectivity index (χ1n) is 10.3. The summed E-state index contributed by atoms with van der Waals surface area (Å²) in [5, 5.41) is 0.679. The molecule has 0 spiro atoms. The van der Waals surface area contributed by atoms with Gasteiger partial charge in [0.15, 0.2) is 11.7 Å². The molecule has 1 unspecified atom stereocenters. The largest absolute Gasteiger partial charge is 0.493 e. The molecule has 0 bridgehead atoms. The predicted octanol–water partition coefficient (Wildman–Crippen LogP) is 5.25. The van der Waals surface area contributed by atoms with Crippen molar-refractivity contribution in [3.05, 3.63) is 71.7 Å². The predicted molar refractivity (Wildman–Crippen MR) is 117 cm³/mol. The van der Waals surface area contributed by atoms with E-state index in [1.165, 1.54) is 0 Å². The fourth-order valence-corrected chi connectivity index (χ4v) is 3.83. The molecule has 1 aliphatic rings. The highest BCUT2D eigenvalue weighted by Gasteiger charge is 2.24. The van der Waals surface area contributed by atoms with Gasteiger partial charge in [-0.05, 0) is 49.2 Å². The highest BCUT2D eigenvalue weighted by molar-refractivity contribution is 6.30. The van der Waals surface area contributed by atoms with E-state index in [2.05, 4.69) is 4.98 Å². The summed E-state index contributed by atoms with van der Waals surface area (Å²) in [6, 6.07) is 17.2. The van der Waals surface area contributed by atoms with Gasteiger partial charge < -0.3 is 14.1 Å². The number of rotatable bonds is 7. The van der Waals surface area contributed by atoms with Crippen LogP contribution in [-0.2, 0) is 11.2 Å². The molecule has 156 valence electrons. The molecule has 0 aliphatic carbocycles. The molecule has 5 nitrogen and oxygen atoms in total. The number of nitrogens with zero attached hydrogens (tertiary/aromatic N) is 2. The lowest BCUT2D eigenvalue weighted by Gasteiger charge is -2.32. The Balaban J connectivity index is 1.26. The van der Waals surface area contributed by atoms with Gasteiger partial charge in [-0.15, -0.1) is 0 Å². The van der Waals surface area contributed by atoms with Crippen molar-refractivity contribution in [2.75, 3.05) is 19.7 Å². The lowest BCUT2D eigenvalue weighted by molar-refractivity contribution is -0.133. The first kappa shape index (κ1) is 20.5. The Morgan fingerprint density at radius 1 is 1.17 bits per heavy atom. The summed E-state index contributed by atoms with van der Waals surface area (Å²) in [5.41, 5.74) is 0.918. The molecule has 1 fully saturated rings. The van der Waals surface area contributed by atoms with Crippen molar-refractivity contribution in [1.82, 2.24) is 9.88 Å². The van der Waals surface area contributed by atoms with Crippen LogP contribution in [0.1, 0.15) is 25.2 Å². The van der Waals surface area contributed by atoms with Gasteiger partial charge >= 0.3 is 0 Å². The van der Waals surface area contributed by atoms with E-state index in [1.54, 1.807) is 6.20 Å².